The monoisotopic (exact) mass is 525 g/mol. The molecule has 1 aliphatic carbocycles. The molecule has 0 spiro atoms. The molecular formula is C21H17Cl2N3O3S3. The summed E-state index contributed by atoms with van der Waals surface area (Å²) in [6.45, 7) is -0.274. The molecule has 1 aliphatic rings. The van der Waals surface area contributed by atoms with Gasteiger partial charge in [-0.15, -0.1) is 22.7 Å². The number of halogens is 2. The molecule has 4 rings (SSSR count). The normalized spacial score (nSPS) is 12.9. The van der Waals surface area contributed by atoms with Gasteiger partial charge < -0.3 is 11.1 Å². The molecule has 166 valence electrons. The topological polar surface area (TPSA) is 94.2 Å². The molecule has 1 aromatic carbocycles. The zero-order valence-corrected chi connectivity index (χ0v) is 20.5. The molecule has 0 saturated carbocycles. The van der Waals surface area contributed by atoms with Gasteiger partial charge in [0, 0.05) is 26.4 Å². The molecular weight excluding hydrogens is 509 g/mol. The fourth-order valence-corrected chi connectivity index (χ4v) is 6.85. The van der Waals surface area contributed by atoms with Gasteiger partial charge in [-0.1, -0.05) is 29.3 Å². The van der Waals surface area contributed by atoms with E-state index in [0.29, 0.717) is 31.1 Å². The third-order valence-electron chi connectivity index (χ3n) is 5.11. The molecule has 3 N–H and O–H groups in total. The van der Waals surface area contributed by atoms with Crippen molar-refractivity contribution in [3.05, 3.63) is 64.6 Å². The number of aromatic nitrogens is 1. The number of fused-ring (bicyclic) bond motifs is 1. The Labute approximate surface area is 206 Å². The number of carbonyl (C=O) groups excluding carboxylic acids is 2. The molecule has 6 nitrogen and oxygen atoms in total. The highest BCUT2D eigenvalue weighted by Gasteiger charge is 2.25. The third kappa shape index (κ3) is 4.67. The van der Waals surface area contributed by atoms with Gasteiger partial charge in [0.15, 0.2) is 3.95 Å². The van der Waals surface area contributed by atoms with Gasteiger partial charge in [-0.25, -0.2) is 0 Å². The average Bonchev–Trinajstić information content (AvgIpc) is 3.08. The number of nitrogens with two attached hydrogens (primary N) is 1. The van der Waals surface area contributed by atoms with E-state index in [1.165, 1.54) is 33.3 Å². The number of benzene rings is 1. The third-order valence-corrected chi connectivity index (χ3v) is 8.29. The molecule has 0 aliphatic heterocycles. The lowest BCUT2D eigenvalue weighted by atomic mass is 9.95. The summed E-state index contributed by atoms with van der Waals surface area (Å²) in [4.78, 5) is 39.1. The van der Waals surface area contributed by atoms with E-state index < -0.39 is 17.4 Å². The Bertz CT molecular complexity index is 1330. The van der Waals surface area contributed by atoms with Crippen molar-refractivity contribution in [1.82, 2.24) is 4.57 Å². The van der Waals surface area contributed by atoms with Crippen molar-refractivity contribution in [3.8, 4) is 10.4 Å². The maximum atomic E-state index is 12.7. The van der Waals surface area contributed by atoms with Crippen LogP contribution in [0.2, 0.25) is 10.0 Å². The molecule has 2 amide bonds. The molecule has 2 heterocycles. The average molecular weight is 526 g/mol. The largest absolute Gasteiger partial charge is 0.365 e. The molecule has 0 fully saturated rings. The summed E-state index contributed by atoms with van der Waals surface area (Å²) in [7, 11) is 0. The number of anilines is 1. The van der Waals surface area contributed by atoms with Crippen LogP contribution < -0.4 is 16.6 Å². The smallest absolute Gasteiger partial charge is 0.254 e. The predicted molar refractivity (Wildman–Crippen MR) is 133 cm³/mol. The summed E-state index contributed by atoms with van der Waals surface area (Å²) in [6.07, 6.45) is 3.66. The fraction of sp³-hybridized carbons (Fsp3) is 0.238. The van der Waals surface area contributed by atoms with Crippen LogP contribution in [0.5, 0.6) is 0 Å². The highest BCUT2D eigenvalue weighted by Crippen LogP contribution is 2.38. The van der Waals surface area contributed by atoms with Crippen LogP contribution in [-0.4, -0.2) is 16.4 Å². The number of amides is 2. The highest BCUT2D eigenvalue weighted by molar-refractivity contribution is 7.73. The first kappa shape index (κ1) is 23.1. The molecule has 0 radical (unpaired) electrons. The number of carbonyl (C=O) groups is 2. The Morgan fingerprint density at radius 1 is 1.16 bits per heavy atom. The first-order valence-corrected chi connectivity index (χ1v) is 12.5. The quantitative estimate of drug-likeness (QED) is 0.442. The number of nitrogens with one attached hydrogen (secondary N) is 1. The van der Waals surface area contributed by atoms with Gasteiger partial charge in [-0.05, 0) is 55.6 Å². The Kier molecular flexibility index (Phi) is 6.83. The minimum absolute atomic E-state index is 0.231. The first-order valence-electron chi connectivity index (χ1n) is 9.69. The summed E-state index contributed by atoms with van der Waals surface area (Å²) in [6, 6.07) is 6.37. The van der Waals surface area contributed by atoms with Crippen LogP contribution in [0.25, 0.3) is 10.4 Å². The van der Waals surface area contributed by atoms with Gasteiger partial charge >= 0.3 is 0 Å². The van der Waals surface area contributed by atoms with E-state index in [4.69, 9.17) is 41.2 Å². The second-order valence-corrected chi connectivity index (χ2v) is 10.9. The zero-order chi connectivity index (χ0) is 23.0. The molecule has 0 bridgehead atoms. The number of thiophene rings is 1. The molecule has 32 heavy (non-hydrogen) atoms. The summed E-state index contributed by atoms with van der Waals surface area (Å²) in [5.74, 6) is -1.02. The number of hydrogen-bond acceptors (Lipinski definition) is 6. The van der Waals surface area contributed by atoms with Gasteiger partial charge in [0.1, 0.15) is 11.5 Å². The van der Waals surface area contributed by atoms with Crippen molar-refractivity contribution in [2.45, 2.75) is 32.2 Å². The van der Waals surface area contributed by atoms with E-state index in [1.54, 1.807) is 18.2 Å². The predicted octanol–water partition coefficient (Wildman–Crippen LogP) is 5.29. The molecule has 3 aromatic rings. The Morgan fingerprint density at radius 2 is 1.91 bits per heavy atom. The lowest BCUT2D eigenvalue weighted by Gasteiger charge is -2.11. The van der Waals surface area contributed by atoms with Crippen molar-refractivity contribution >= 4 is 74.9 Å². The van der Waals surface area contributed by atoms with Crippen molar-refractivity contribution in [2.75, 3.05) is 5.32 Å². The summed E-state index contributed by atoms with van der Waals surface area (Å²) >= 11 is 20.1. The Balaban J connectivity index is 1.60. The zero-order valence-electron chi connectivity index (χ0n) is 16.6. The van der Waals surface area contributed by atoms with Gasteiger partial charge in [0.2, 0.25) is 5.91 Å². The Hall–Kier alpha value is -2.04. The lowest BCUT2D eigenvalue weighted by Crippen LogP contribution is -2.28. The number of aryl methyl sites for hydroxylation is 1. The van der Waals surface area contributed by atoms with E-state index in [-0.39, 0.29) is 10.5 Å². The van der Waals surface area contributed by atoms with E-state index in [1.807, 2.05) is 0 Å². The highest BCUT2D eigenvalue weighted by atomic mass is 35.5. The van der Waals surface area contributed by atoms with Crippen LogP contribution in [0.4, 0.5) is 5.00 Å². The second-order valence-electron chi connectivity index (χ2n) is 7.25. The van der Waals surface area contributed by atoms with Crippen molar-refractivity contribution in [2.24, 2.45) is 5.73 Å². The Morgan fingerprint density at radius 3 is 2.59 bits per heavy atom. The number of nitrogens with zero attached hydrogens (tertiary/aromatic N) is 1. The number of rotatable bonds is 5. The van der Waals surface area contributed by atoms with E-state index >= 15 is 0 Å². The van der Waals surface area contributed by atoms with Crippen LogP contribution in [0.15, 0.2) is 29.1 Å². The van der Waals surface area contributed by atoms with Crippen LogP contribution in [0.1, 0.15) is 33.6 Å². The van der Waals surface area contributed by atoms with Gasteiger partial charge in [0.25, 0.3) is 11.5 Å². The standard InChI is InChI=1S/C21H17Cl2N3O3S3/c22-10-5-6-11(13(23)7-10)15-8-17(28)26(21(30)32-15)9-16(27)25-20-18(19(24)29)12-3-1-2-4-14(12)31-20/h5-8H,1-4,9H2,(H2,24,29)(H,25,27). The second kappa shape index (κ2) is 9.44. The number of primary amides is 1. The molecule has 2 aromatic heterocycles. The van der Waals surface area contributed by atoms with E-state index in [2.05, 4.69) is 5.32 Å². The van der Waals surface area contributed by atoms with Gasteiger partial charge in [-0.2, -0.15) is 0 Å². The minimum atomic E-state index is -0.563. The van der Waals surface area contributed by atoms with Crippen molar-refractivity contribution in [3.63, 3.8) is 0 Å². The summed E-state index contributed by atoms with van der Waals surface area (Å²) in [5.41, 5.74) is 7.09. The summed E-state index contributed by atoms with van der Waals surface area (Å²) < 4.78 is 1.44. The molecule has 0 unspecified atom stereocenters. The molecule has 0 saturated heterocycles. The van der Waals surface area contributed by atoms with Gasteiger partial charge in [0.05, 0.1) is 10.6 Å². The minimum Gasteiger partial charge on any atom is -0.365 e. The molecule has 11 heteroatoms. The van der Waals surface area contributed by atoms with Crippen LogP contribution in [0.3, 0.4) is 0 Å². The SMILES string of the molecule is NC(=O)c1c(NC(=O)Cn2c(=O)cc(-c3ccc(Cl)cc3Cl)sc2=S)sc2c1CCCC2. The van der Waals surface area contributed by atoms with E-state index in [0.717, 1.165) is 36.1 Å². The number of hydrogen-bond donors (Lipinski definition) is 2. The maximum Gasteiger partial charge on any atom is 0.254 e. The maximum absolute atomic E-state index is 12.7. The first-order chi connectivity index (χ1) is 15.2. The van der Waals surface area contributed by atoms with Crippen LogP contribution in [-0.2, 0) is 24.2 Å². The molecule has 0 atom stereocenters. The van der Waals surface area contributed by atoms with E-state index in [9.17, 15) is 14.4 Å². The van der Waals surface area contributed by atoms with Gasteiger partial charge in [-0.3, -0.25) is 19.0 Å². The van der Waals surface area contributed by atoms with Crippen LogP contribution in [0, 0.1) is 3.95 Å². The van der Waals surface area contributed by atoms with Crippen molar-refractivity contribution in [1.29, 1.82) is 0 Å². The van der Waals surface area contributed by atoms with Crippen molar-refractivity contribution < 1.29 is 9.59 Å². The summed E-state index contributed by atoms with van der Waals surface area (Å²) in [5, 5.41) is 4.07. The lowest BCUT2D eigenvalue weighted by molar-refractivity contribution is -0.116. The fourth-order valence-electron chi connectivity index (χ4n) is 3.65. The van der Waals surface area contributed by atoms with Crippen LogP contribution >= 0.6 is 58.1 Å².